The van der Waals surface area contributed by atoms with Gasteiger partial charge in [-0.15, -0.1) is 0 Å². The fraction of sp³-hybridized carbons (Fsp3) is 0.533. The highest BCUT2D eigenvalue weighted by Crippen LogP contribution is 2.26. The van der Waals surface area contributed by atoms with Crippen molar-refractivity contribution in [1.82, 2.24) is 5.32 Å². The van der Waals surface area contributed by atoms with Crippen molar-refractivity contribution in [2.75, 3.05) is 0 Å². The second kappa shape index (κ2) is 6.29. The van der Waals surface area contributed by atoms with Crippen molar-refractivity contribution in [3.05, 3.63) is 28.8 Å². The molecule has 1 N–H and O–H groups in total. The van der Waals surface area contributed by atoms with E-state index < -0.39 is 6.10 Å². The predicted molar refractivity (Wildman–Crippen MR) is 76.7 cm³/mol. The first-order chi connectivity index (χ1) is 9.06. The largest absolute Gasteiger partial charge is 0.479 e. The zero-order chi connectivity index (χ0) is 13.8. The van der Waals surface area contributed by atoms with Crippen LogP contribution in [0.4, 0.5) is 0 Å². The third-order valence-corrected chi connectivity index (χ3v) is 3.77. The number of nitrogens with one attached hydrogen (secondary N) is 1. The van der Waals surface area contributed by atoms with Crippen molar-refractivity contribution in [3.8, 4) is 5.75 Å². The molecule has 1 aromatic rings. The predicted octanol–water partition coefficient (Wildman–Crippen LogP) is 3.47. The molecule has 1 aliphatic rings. The molecule has 2 rings (SSSR count). The molecule has 1 fully saturated rings. The number of ether oxygens (including phenoxy) is 1. The Labute approximate surface area is 119 Å². The Morgan fingerprint density at radius 2 is 2.11 bits per heavy atom. The molecule has 1 atom stereocenters. The van der Waals surface area contributed by atoms with Crippen molar-refractivity contribution >= 4 is 17.5 Å². The number of hydrogen-bond donors (Lipinski definition) is 1. The van der Waals surface area contributed by atoms with Gasteiger partial charge >= 0.3 is 0 Å². The lowest BCUT2D eigenvalue weighted by Gasteiger charge is -2.18. The quantitative estimate of drug-likeness (QED) is 0.918. The van der Waals surface area contributed by atoms with E-state index in [9.17, 15) is 4.79 Å². The smallest absolute Gasteiger partial charge is 0.260 e. The van der Waals surface area contributed by atoms with Crippen LogP contribution in [0.3, 0.4) is 0 Å². The van der Waals surface area contributed by atoms with E-state index >= 15 is 0 Å². The molecule has 1 saturated carbocycles. The molecular formula is C15H20ClNO2. The summed E-state index contributed by atoms with van der Waals surface area (Å²) in [5, 5.41) is 3.56. The minimum absolute atomic E-state index is 0.0653. The highest BCUT2D eigenvalue weighted by Gasteiger charge is 2.22. The van der Waals surface area contributed by atoms with Gasteiger partial charge in [0.05, 0.1) is 5.02 Å². The topological polar surface area (TPSA) is 38.3 Å². The molecule has 0 bridgehead atoms. The summed E-state index contributed by atoms with van der Waals surface area (Å²) >= 11 is 6.06. The van der Waals surface area contributed by atoms with Crippen molar-refractivity contribution in [1.29, 1.82) is 0 Å². The zero-order valence-corrected chi connectivity index (χ0v) is 12.2. The van der Waals surface area contributed by atoms with Gasteiger partial charge in [-0.2, -0.15) is 0 Å². The van der Waals surface area contributed by atoms with Crippen LogP contribution in [0.1, 0.15) is 38.2 Å². The first-order valence-corrected chi connectivity index (χ1v) is 7.17. The first-order valence-electron chi connectivity index (χ1n) is 6.79. The normalized spacial score (nSPS) is 17.2. The Balaban J connectivity index is 1.93. The average Bonchev–Trinajstić information content (AvgIpc) is 2.86. The molecule has 3 nitrogen and oxygen atoms in total. The molecule has 0 aliphatic heterocycles. The summed E-state index contributed by atoms with van der Waals surface area (Å²) in [5.74, 6) is 0.500. The van der Waals surface area contributed by atoms with Crippen molar-refractivity contribution in [3.63, 3.8) is 0 Å². The third-order valence-electron chi connectivity index (χ3n) is 3.46. The van der Waals surface area contributed by atoms with Crippen LogP contribution in [-0.2, 0) is 4.79 Å². The summed E-state index contributed by atoms with van der Waals surface area (Å²) in [5.41, 5.74) is 1.06. The molecule has 0 radical (unpaired) electrons. The number of benzene rings is 1. The van der Waals surface area contributed by atoms with E-state index in [0.29, 0.717) is 16.8 Å². The van der Waals surface area contributed by atoms with Gasteiger partial charge in [0.2, 0.25) is 0 Å². The highest BCUT2D eigenvalue weighted by molar-refractivity contribution is 6.32. The molecule has 104 valence electrons. The molecule has 1 amide bonds. The fourth-order valence-electron chi connectivity index (χ4n) is 2.33. The minimum atomic E-state index is -0.528. The van der Waals surface area contributed by atoms with E-state index in [-0.39, 0.29) is 5.91 Å². The minimum Gasteiger partial charge on any atom is -0.479 e. The van der Waals surface area contributed by atoms with Gasteiger partial charge in [0, 0.05) is 6.04 Å². The molecule has 1 aliphatic carbocycles. The molecule has 0 aromatic heterocycles. The molecule has 0 spiro atoms. The van der Waals surface area contributed by atoms with Crippen LogP contribution < -0.4 is 10.1 Å². The molecule has 0 saturated heterocycles. The Morgan fingerprint density at radius 1 is 1.42 bits per heavy atom. The number of carbonyl (C=O) groups excluding carboxylic acids is 1. The van der Waals surface area contributed by atoms with Crippen LogP contribution in [0.15, 0.2) is 18.2 Å². The van der Waals surface area contributed by atoms with E-state index in [1.807, 2.05) is 19.1 Å². The number of carbonyl (C=O) groups is 1. The number of hydrogen-bond acceptors (Lipinski definition) is 2. The Kier molecular flexibility index (Phi) is 4.70. The van der Waals surface area contributed by atoms with E-state index in [1.165, 1.54) is 12.8 Å². The van der Waals surface area contributed by atoms with Crippen LogP contribution in [-0.4, -0.2) is 18.1 Å². The molecule has 4 heteroatoms. The van der Waals surface area contributed by atoms with E-state index in [1.54, 1.807) is 13.0 Å². The Bertz CT molecular complexity index is 455. The summed E-state index contributed by atoms with van der Waals surface area (Å²) in [6.07, 6.45) is 4.01. The van der Waals surface area contributed by atoms with Crippen LogP contribution in [0, 0.1) is 6.92 Å². The highest BCUT2D eigenvalue weighted by atomic mass is 35.5. The lowest BCUT2D eigenvalue weighted by Crippen LogP contribution is -2.41. The van der Waals surface area contributed by atoms with E-state index in [4.69, 9.17) is 16.3 Å². The Hall–Kier alpha value is -1.22. The van der Waals surface area contributed by atoms with Gasteiger partial charge in [-0.3, -0.25) is 4.79 Å². The van der Waals surface area contributed by atoms with Gasteiger partial charge in [0.1, 0.15) is 5.75 Å². The summed E-state index contributed by atoms with van der Waals surface area (Å²) in [6, 6.07) is 5.86. The maximum absolute atomic E-state index is 12.0. The first kappa shape index (κ1) is 14.2. The number of aryl methyl sites for hydroxylation is 1. The summed E-state index contributed by atoms with van der Waals surface area (Å²) < 4.78 is 5.65. The maximum Gasteiger partial charge on any atom is 0.260 e. The molecule has 0 unspecified atom stereocenters. The van der Waals surface area contributed by atoms with E-state index in [2.05, 4.69) is 5.32 Å². The zero-order valence-electron chi connectivity index (χ0n) is 11.4. The van der Waals surface area contributed by atoms with Gasteiger partial charge in [0.15, 0.2) is 6.10 Å². The average molecular weight is 282 g/mol. The second-order valence-electron chi connectivity index (χ2n) is 5.18. The van der Waals surface area contributed by atoms with Crippen molar-refractivity contribution < 1.29 is 9.53 Å². The molecular weight excluding hydrogens is 262 g/mol. The van der Waals surface area contributed by atoms with Gasteiger partial charge in [0.25, 0.3) is 5.91 Å². The number of amides is 1. The summed E-state index contributed by atoms with van der Waals surface area (Å²) in [6.45, 7) is 3.72. The standard InChI is InChI=1S/C15H20ClNO2/c1-10-7-8-13(16)14(9-10)19-11(2)15(18)17-12-5-3-4-6-12/h7-9,11-12H,3-6H2,1-2H3,(H,17,18)/t11-/m0/s1. The Morgan fingerprint density at radius 3 is 2.79 bits per heavy atom. The third kappa shape index (κ3) is 3.87. The monoisotopic (exact) mass is 281 g/mol. The van der Waals surface area contributed by atoms with Crippen LogP contribution in [0.25, 0.3) is 0 Å². The van der Waals surface area contributed by atoms with Crippen LogP contribution in [0.5, 0.6) is 5.75 Å². The van der Waals surface area contributed by atoms with Gasteiger partial charge in [-0.1, -0.05) is 30.5 Å². The lowest BCUT2D eigenvalue weighted by atomic mass is 10.2. The van der Waals surface area contributed by atoms with E-state index in [0.717, 1.165) is 18.4 Å². The van der Waals surface area contributed by atoms with Crippen molar-refractivity contribution in [2.24, 2.45) is 0 Å². The fourth-order valence-corrected chi connectivity index (χ4v) is 2.50. The number of halogens is 1. The van der Waals surface area contributed by atoms with Gasteiger partial charge in [-0.25, -0.2) is 0 Å². The maximum atomic E-state index is 12.0. The second-order valence-corrected chi connectivity index (χ2v) is 5.59. The number of rotatable bonds is 4. The summed E-state index contributed by atoms with van der Waals surface area (Å²) in [7, 11) is 0. The SMILES string of the molecule is Cc1ccc(Cl)c(O[C@@H](C)C(=O)NC2CCCC2)c1. The molecule has 19 heavy (non-hydrogen) atoms. The van der Waals surface area contributed by atoms with Gasteiger partial charge < -0.3 is 10.1 Å². The van der Waals surface area contributed by atoms with Crippen molar-refractivity contribution in [2.45, 2.75) is 51.7 Å². The van der Waals surface area contributed by atoms with Crippen LogP contribution in [0.2, 0.25) is 5.02 Å². The van der Waals surface area contributed by atoms with Crippen LogP contribution >= 0.6 is 11.6 Å². The van der Waals surface area contributed by atoms with Gasteiger partial charge in [-0.05, 0) is 44.4 Å². The molecule has 1 aromatic carbocycles. The molecule has 0 heterocycles. The summed E-state index contributed by atoms with van der Waals surface area (Å²) in [4.78, 5) is 12.0. The lowest BCUT2D eigenvalue weighted by molar-refractivity contribution is -0.127.